The van der Waals surface area contributed by atoms with Crippen LogP contribution >= 0.6 is 0 Å². The van der Waals surface area contributed by atoms with Crippen LogP contribution in [0.5, 0.6) is 0 Å². The lowest BCUT2D eigenvalue weighted by Gasteiger charge is -2.36. The molecular formula is C14H26N4. The molecule has 2 N–H and O–H groups in total. The lowest BCUT2D eigenvalue weighted by atomic mass is 9.72. The van der Waals surface area contributed by atoms with Crippen molar-refractivity contribution in [3.63, 3.8) is 0 Å². The summed E-state index contributed by atoms with van der Waals surface area (Å²) in [7, 11) is 0. The predicted molar refractivity (Wildman–Crippen MR) is 73.1 cm³/mol. The van der Waals surface area contributed by atoms with Crippen molar-refractivity contribution in [3.8, 4) is 0 Å². The first kappa shape index (κ1) is 13.5. The van der Waals surface area contributed by atoms with E-state index in [-0.39, 0.29) is 0 Å². The van der Waals surface area contributed by atoms with Crippen molar-refractivity contribution in [2.45, 2.75) is 52.5 Å². The van der Waals surface area contributed by atoms with Crippen molar-refractivity contribution >= 4 is 0 Å². The van der Waals surface area contributed by atoms with Gasteiger partial charge in [-0.1, -0.05) is 27.2 Å². The number of hydrogen-bond acceptors (Lipinski definition) is 3. The Labute approximate surface area is 110 Å². The van der Waals surface area contributed by atoms with Gasteiger partial charge in [-0.25, -0.2) is 0 Å². The molecule has 102 valence electrons. The quantitative estimate of drug-likeness (QED) is 0.845. The minimum absolute atomic E-state index is 0.374. The average molecular weight is 250 g/mol. The Morgan fingerprint density at radius 2 is 2.22 bits per heavy atom. The van der Waals surface area contributed by atoms with E-state index in [0.717, 1.165) is 30.5 Å². The third-order valence-electron chi connectivity index (χ3n) is 4.48. The highest BCUT2D eigenvalue weighted by atomic mass is 15.3. The molecule has 0 aromatic carbocycles. The number of nitrogens with one attached hydrogen (secondary N) is 2. The van der Waals surface area contributed by atoms with Gasteiger partial charge in [0.25, 0.3) is 0 Å². The molecular weight excluding hydrogens is 224 g/mol. The van der Waals surface area contributed by atoms with Crippen LogP contribution < -0.4 is 5.32 Å². The molecule has 4 nitrogen and oxygen atoms in total. The summed E-state index contributed by atoms with van der Waals surface area (Å²) in [5.74, 6) is 2.39. The molecule has 4 unspecified atom stereocenters. The SMILES string of the molecule is CCCNC(c1cn[nH]n1)C1CCC(C)C(C)C1. The Morgan fingerprint density at radius 3 is 2.83 bits per heavy atom. The summed E-state index contributed by atoms with van der Waals surface area (Å²) in [6.07, 6.45) is 6.98. The molecule has 0 amide bonds. The van der Waals surface area contributed by atoms with Crippen LogP contribution in [0.3, 0.4) is 0 Å². The second kappa shape index (κ2) is 6.32. The maximum atomic E-state index is 4.29. The Morgan fingerprint density at radius 1 is 1.39 bits per heavy atom. The topological polar surface area (TPSA) is 53.6 Å². The van der Waals surface area contributed by atoms with E-state index in [1.807, 2.05) is 6.20 Å². The minimum atomic E-state index is 0.374. The van der Waals surface area contributed by atoms with Gasteiger partial charge in [0, 0.05) is 0 Å². The lowest BCUT2D eigenvalue weighted by molar-refractivity contribution is 0.169. The van der Waals surface area contributed by atoms with E-state index in [0.29, 0.717) is 12.0 Å². The molecule has 1 aromatic heterocycles. The standard InChI is InChI=1S/C14H26N4/c1-4-7-15-14(13-9-16-18-17-13)12-6-5-10(2)11(3)8-12/h9-12,14-15H,4-8H2,1-3H3,(H,16,17,18). The lowest BCUT2D eigenvalue weighted by Crippen LogP contribution is -2.34. The van der Waals surface area contributed by atoms with Gasteiger partial charge in [0.15, 0.2) is 0 Å². The van der Waals surface area contributed by atoms with Crippen LogP contribution in [0.25, 0.3) is 0 Å². The van der Waals surface area contributed by atoms with Crippen LogP contribution in [0.2, 0.25) is 0 Å². The number of nitrogens with zero attached hydrogens (tertiary/aromatic N) is 2. The van der Waals surface area contributed by atoms with Crippen molar-refractivity contribution in [2.75, 3.05) is 6.54 Å². The number of aromatic nitrogens is 3. The van der Waals surface area contributed by atoms with Crippen LogP contribution in [-0.2, 0) is 0 Å². The highest BCUT2D eigenvalue weighted by molar-refractivity contribution is 5.03. The molecule has 4 atom stereocenters. The van der Waals surface area contributed by atoms with Crippen molar-refractivity contribution in [3.05, 3.63) is 11.9 Å². The number of rotatable bonds is 5. The smallest absolute Gasteiger partial charge is 0.0996 e. The third kappa shape index (κ3) is 3.10. The van der Waals surface area contributed by atoms with E-state index >= 15 is 0 Å². The molecule has 0 radical (unpaired) electrons. The van der Waals surface area contributed by atoms with Gasteiger partial charge in [0.05, 0.1) is 17.9 Å². The molecule has 1 saturated carbocycles. The highest BCUT2D eigenvalue weighted by Gasteiger charge is 2.31. The van der Waals surface area contributed by atoms with Gasteiger partial charge in [-0.2, -0.15) is 15.4 Å². The first-order valence-corrected chi connectivity index (χ1v) is 7.31. The van der Waals surface area contributed by atoms with Crippen LogP contribution in [0.1, 0.15) is 58.2 Å². The fraction of sp³-hybridized carbons (Fsp3) is 0.857. The zero-order chi connectivity index (χ0) is 13.0. The fourth-order valence-corrected chi connectivity index (χ4v) is 3.06. The molecule has 1 aliphatic rings. The van der Waals surface area contributed by atoms with Crippen molar-refractivity contribution in [1.29, 1.82) is 0 Å². The van der Waals surface area contributed by atoms with E-state index in [1.54, 1.807) is 0 Å². The summed E-state index contributed by atoms with van der Waals surface area (Å²) in [5, 5.41) is 14.7. The van der Waals surface area contributed by atoms with Gasteiger partial charge in [-0.15, -0.1) is 0 Å². The first-order valence-electron chi connectivity index (χ1n) is 7.31. The van der Waals surface area contributed by atoms with Crippen molar-refractivity contribution < 1.29 is 0 Å². The molecule has 2 rings (SSSR count). The maximum absolute atomic E-state index is 4.29. The van der Waals surface area contributed by atoms with Crippen LogP contribution in [-0.4, -0.2) is 22.0 Å². The molecule has 18 heavy (non-hydrogen) atoms. The van der Waals surface area contributed by atoms with Gasteiger partial charge >= 0.3 is 0 Å². The maximum Gasteiger partial charge on any atom is 0.0996 e. The van der Waals surface area contributed by atoms with Gasteiger partial charge < -0.3 is 5.32 Å². The van der Waals surface area contributed by atoms with E-state index in [2.05, 4.69) is 41.5 Å². The summed E-state index contributed by atoms with van der Waals surface area (Å²) in [4.78, 5) is 0. The monoisotopic (exact) mass is 250 g/mol. The molecule has 0 saturated heterocycles. The summed E-state index contributed by atoms with van der Waals surface area (Å²) < 4.78 is 0. The molecule has 1 heterocycles. The molecule has 1 aliphatic carbocycles. The zero-order valence-corrected chi connectivity index (χ0v) is 11.8. The van der Waals surface area contributed by atoms with E-state index < -0.39 is 0 Å². The Hall–Kier alpha value is -0.900. The third-order valence-corrected chi connectivity index (χ3v) is 4.48. The highest BCUT2D eigenvalue weighted by Crippen LogP contribution is 2.39. The van der Waals surface area contributed by atoms with E-state index in [4.69, 9.17) is 0 Å². The van der Waals surface area contributed by atoms with Crippen LogP contribution in [0, 0.1) is 17.8 Å². The Bertz CT molecular complexity index is 336. The van der Waals surface area contributed by atoms with Crippen molar-refractivity contribution in [2.24, 2.45) is 17.8 Å². The van der Waals surface area contributed by atoms with Crippen molar-refractivity contribution in [1.82, 2.24) is 20.7 Å². The van der Waals surface area contributed by atoms with E-state index in [1.165, 1.54) is 19.3 Å². The normalized spacial score (nSPS) is 30.3. The van der Waals surface area contributed by atoms with E-state index in [9.17, 15) is 0 Å². The molecule has 4 heteroatoms. The summed E-state index contributed by atoms with van der Waals surface area (Å²) >= 11 is 0. The first-order chi connectivity index (χ1) is 8.72. The number of aromatic amines is 1. The molecule has 0 bridgehead atoms. The zero-order valence-electron chi connectivity index (χ0n) is 11.8. The second-order valence-electron chi connectivity index (χ2n) is 5.85. The Kier molecular flexibility index (Phi) is 4.75. The van der Waals surface area contributed by atoms with Crippen LogP contribution in [0.4, 0.5) is 0 Å². The average Bonchev–Trinajstić information content (AvgIpc) is 2.88. The fourth-order valence-electron chi connectivity index (χ4n) is 3.06. The largest absolute Gasteiger partial charge is 0.308 e. The molecule has 1 aromatic rings. The molecule has 0 aliphatic heterocycles. The molecule has 1 fully saturated rings. The number of hydrogen-bond donors (Lipinski definition) is 2. The minimum Gasteiger partial charge on any atom is -0.308 e. The summed E-state index contributed by atoms with van der Waals surface area (Å²) in [5.41, 5.74) is 1.08. The second-order valence-corrected chi connectivity index (χ2v) is 5.85. The van der Waals surface area contributed by atoms with Gasteiger partial charge in [0.2, 0.25) is 0 Å². The van der Waals surface area contributed by atoms with Gasteiger partial charge in [0.1, 0.15) is 0 Å². The summed E-state index contributed by atoms with van der Waals surface area (Å²) in [6.45, 7) is 8.03. The van der Waals surface area contributed by atoms with Gasteiger partial charge in [-0.3, -0.25) is 0 Å². The molecule has 0 spiro atoms. The predicted octanol–water partition coefficient (Wildman–Crippen LogP) is 2.92. The van der Waals surface area contributed by atoms with Crippen LogP contribution in [0.15, 0.2) is 6.20 Å². The van der Waals surface area contributed by atoms with Gasteiger partial charge in [-0.05, 0) is 43.6 Å². The summed E-state index contributed by atoms with van der Waals surface area (Å²) in [6, 6.07) is 0.374. The Balaban J connectivity index is 2.04. The number of H-pyrrole nitrogens is 1.